The lowest BCUT2D eigenvalue weighted by Gasteiger charge is -2.35. The summed E-state index contributed by atoms with van der Waals surface area (Å²) in [5.41, 5.74) is -0.226. The van der Waals surface area contributed by atoms with Gasteiger partial charge in [-0.2, -0.15) is 0 Å². The predicted molar refractivity (Wildman–Crippen MR) is 85.1 cm³/mol. The van der Waals surface area contributed by atoms with Crippen molar-refractivity contribution in [2.24, 2.45) is 5.41 Å². The Hall–Kier alpha value is -0.640. The Labute approximate surface area is 125 Å². The van der Waals surface area contributed by atoms with Crippen LogP contribution in [0.4, 0.5) is 0 Å². The van der Waals surface area contributed by atoms with Crippen molar-refractivity contribution in [1.82, 2.24) is 0 Å². The molecule has 118 valence electrons. The van der Waals surface area contributed by atoms with Crippen molar-refractivity contribution < 1.29 is 14.2 Å². The quantitative estimate of drug-likeness (QED) is 0.378. The summed E-state index contributed by atoms with van der Waals surface area (Å²) < 4.78 is 17.4. The molecule has 0 radical (unpaired) electrons. The van der Waals surface area contributed by atoms with Gasteiger partial charge in [-0.25, -0.2) is 0 Å². The van der Waals surface area contributed by atoms with Gasteiger partial charge in [-0.05, 0) is 26.7 Å². The van der Waals surface area contributed by atoms with Crippen LogP contribution in [0.5, 0.6) is 0 Å². The zero-order valence-electron chi connectivity index (χ0n) is 13.7. The van der Waals surface area contributed by atoms with Gasteiger partial charge in [-0.3, -0.25) is 0 Å². The molecule has 0 aliphatic heterocycles. The fourth-order valence-electron chi connectivity index (χ4n) is 1.60. The maximum absolute atomic E-state index is 6.08. The first-order chi connectivity index (χ1) is 9.45. The molecule has 0 saturated carbocycles. The minimum atomic E-state index is -0.114. The third-order valence-electron chi connectivity index (χ3n) is 3.66. The fourth-order valence-corrected chi connectivity index (χ4v) is 1.60. The zero-order valence-corrected chi connectivity index (χ0v) is 13.7. The standard InChI is InChI=1S/C17H32O3/c1-7-11-18-13-17(10-4,14-19-12-8-2)15-20-16(5,6)9-3/h7-8H,1-2,9-15H2,3-6H3. The van der Waals surface area contributed by atoms with Crippen LogP contribution < -0.4 is 0 Å². The second-order valence-corrected chi connectivity index (χ2v) is 5.86. The molecule has 0 saturated heterocycles. The van der Waals surface area contributed by atoms with Crippen LogP contribution in [0.2, 0.25) is 0 Å². The second-order valence-electron chi connectivity index (χ2n) is 5.86. The van der Waals surface area contributed by atoms with E-state index in [1.807, 2.05) is 0 Å². The van der Waals surface area contributed by atoms with Gasteiger partial charge in [0, 0.05) is 5.41 Å². The van der Waals surface area contributed by atoms with E-state index in [-0.39, 0.29) is 11.0 Å². The van der Waals surface area contributed by atoms with Crippen LogP contribution in [0.15, 0.2) is 25.3 Å². The Balaban J connectivity index is 4.61. The van der Waals surface area contributed by atoms with Crippen LogP contribution in [-0.4, -0.2) is 38.6 Å². The maximum Gasteiger partial charge on any atom is 0.0645 e. The van der Waals surface area contributed by atoms with E-state index in [1.165, 1.54) is 0 Å². The van der Waals surface area contributed by atoms with Gasteiger partial charge >= 0.3 is 0 Å². The molecule has 0 aliphatic carbocycles. The Morgan fingerprint density at radius 1 is 0.850 bits per heavy atom. The molecule has 0 rings (SSSR count). The molecule has 0 bridgehead atoms. The topological polar surface area (TPSA) is 27.7 Å². The minimum Gasteiger partial charge on any atom is -0.377 e. The van der Waals surface area contributed by atoms with E-state index in [0.29, 0.717) is 33.0 Å². The summed E-state index contributed by atoms with van der Waals surface area (Å²) in [4.78, 5) is 0. The van der Waals surface area contributed by atoms with Crippen LogP contribution in [0.3, 0.4) is 0 Å². The van der Waals surface area contributed by atoms with Crippen LogP contribution in [-0.2, 0) is 14.2 Å². The van der Waals surface area contributed by atoms with Crippen LogP contribution in [0.25, 0.3) is 0 Å². The summed E-state index contributed by atoms with van der Waals surface area (Å²) in [5.74, 6) is 0. The van der Waals surface area contributed by atoms with E-state index >= 15 is 0 Å². The van der Waals surface area contributed by atoms with Crippen LogP contribution >= 0.6 is 0 Å². The van der Waals surface area contributed by atoms with Gasteiger partial charge in [0.25, 0.3) is 0 Å². The van der Waals surface area contributed by atoms with Crippen LogP contribution in [0.1, 0.15) is 40.5 Å². The highest BCUT2D eigenvalue weighted by Crippen LogP contribution is 2.27. The monoisotopic (exact) mass is 284 g/mol. The normalized spacial score (nSPS) is 12.4. The van der Waals surface area contributed by atoms with Gasteiger partial charge in [0.2, 0.25) is 0 Å². The Morgan fingerprint density at radius 2 is 1.35 bits per heavy atom. The lowest BCUT2D eigenvalue weighted by Crippen LogP contribution is -2.40. The van der Waals surface area contributed by atoms with Gasteiger partial charge in [-0.15, -0.1) is 13.2 Å². The highest BCUT2D eigenvalue weighted by Gasteiger charge is 2.32. The van der Waals surface area contributed by atoms with Crippen molar-refractivity contribution in [3.63, 3.8) is 0 Å². The summed E-state index contributed by atoms with van der Waals surface area (Å²) >= 11 is 0. The van der Waals surface area contributed by atoms with Gasteiger partial charge < -0.3 is 14.2 Å². The molecule has 0 heterocycles. The number of hydrogen-bond donors (Lipinski definition) is 0. The van der Waals surface area contributed by atoms with E-state index in [9.17, 15) is 0 Å². The molecule has 0 unspecified atom stereocenters. The van der Waals surface area contributed by atoms with E-state index in [2.05, 4.69) is 40.9 Å². The van der Waals surface area contributed by atoms with Gasteiger partial charge in [-0.1, -0.05) is 26.0 Å². The number of ether oxygens (including phenoxy) is 3. The van der Waals surface area contributed by atoms with Crippen molar-refractivity contribution in [2.45, 2.75) is 46.1 Å². The second kappa shape index (κ2) is 10.1. The third kappa shape index (κ3) is 7.83. The van der Waals surface area contributed by atoms with Crippen LogP contribution in [0, 0.1) is 5.41 Å². The Kier molecular flexibility index (Phi) is 9.82. The predicted octanol–water partition coefficient (Wildman–Crippen LogP) is 3.99. The molecule has 3 nitrogen and oxygen atoms in total. The molecule has 0 aliphatic rings. The maximum atomic E-state index is 6.08. The Bertz CT molecular complexity index is 257. The van der Waals surface area contributed by atoms with Gasteiger partial charge in [0.05, 0.1) is 38.6 Å². The van der Waals surface area contributed by atoms with Gasteiger partial charge in [0.1, 0.15) is 0 Å². The molecule has 0 spiro atoms. The molecule has 0 aromatic carbocycles. The lowest BCUT2D eigenvalue weighted by atomic mass is 9.87. The summed E-state index contributed by atoms with van der Waals surface area (Å²) in [6.45, 7) is 18.9. The van der Waals surface area contributed by atoms with Crippen molar-refractivity contribution in [3.8, 4) is 0 Å². The SMILES string of the molecule is C=CCOCC(CC)(COCC=C)COC(C)(C)CC. The fraction of sp³-hybridized carbons (Fsp3) is 0.765. The number of rotatable bonds is 13. The molecule has 3 heteroatoms. The molecule has 0 amide bonds. The highest BCUT2D eigenvalue weighted by atomic mass is 16.5. The lowest BCUT2D eigenvalue weighted by molar-refractivity contribution is -0.111. The number of hydrogen-bond acceptors (Lipinski definition) is 3. The molecule has 0 N–H and O–H groups in total. The molecule has 20 heavy (non-hydrogen) atoms. The summed E-state index contributed by atoms with van der Waals surface area (Å²) in [7, 11) is 0. The Morgan fingerprint density at radius 3 is 1.70 bits per heavy atom. The minimum absolute atomic E-state index is 0.113. The first-order valence-corrected chi connectivity index (χ1v) is 7.46. The molecule has 0 aromatic rings. The average molecular weight is 284 g/mol. The summed E-state index contributed by atoms with van der Waals surface area (Å²) in [6.07, 6.45) is 5.46. The van der Waals surface area contributed by atoms with E-state index < -0.39 is 0 Å². The van der Waals surface area contributed by atoms with Crippen molar-refractivity contribution in [2.75, 3.05) is 33.0 Å². The first kappa shape index (κ1) is 19.4. The largest absolute Gasteiger partial charge is 0.377 e. The summed E-state index contributed by atoms with van der Waals surface area (Å²) in [5, 5.41) is 0. The zero-order chi connectivity index (χ0) is 15.5. The third-order valence-corrected chi connectivity index (χ3v) is 3.66. The smallest absolute Gasteiger partial charge is 0.0645 e. The van der Waals surface area contributed by atoms with Crippen molar-refractivity contribution in [1.29, 1.82) is 0 Å². The van der Waals surface area contributed by atoms with Crippen molar-refractivity contribution >= 4 is 0 Å². The molecule has 0 aromatic heterocycles. The molecule has 0 atom stereocenters. The van der Waals surface area contributed by atoms with E-state index in [0.717, 1.165) is 12.8 Å². The molecular formula is C17H32O3. The van der Waals surface area contributed by atoms with E-state index in [1.54, 1.807) is 12.2 Å². The molecule has 0 fully saturated rings. The molecular weight excluding hydrogens is 252 g/mol. The summed E-state index contributed by atoms with van der Waals surface area (Å²) in [6, 6.07) is 0. The average Bonchev–Trinajstić information content (AvgIpc) is 2.45. The van der Waals surface area contributed by atoms with Gasteiger partial charge in [0.15, 0.2) is 0 Å². The van der Waals surface area contributed by atoms with Crippen molar-refractivity contribution in [3.05, 3.63) is 25.3 Å². The highest BCUT2D eigenvalue weighted by molar-refractivity contribution is 4.81. The van der Waals surface area contributed by atoms with E-state index in [4.69, 9.17) is 14.2 Å². The first-order valence-electron chi connectivity index (χ1n) is 7.46.